The zero-order valence-electron chi connectivity index (χ0n) is 5.86. The van der Waals surface area contributed by atoms with E-state index in [4.69, 9.17) is 0 Å². The first-order valence-corrected chi connectivity index (χ1v) is 4.98. The lowest BCUT2D eigenvalue weighted by atomic mass is 9.70. The zero-order chi connectivity index (χ0) is 6.48. The Balaban J connectivity index is 1.98. The maximum atomic E-state index is 3.55. The van der Waals surface area contributed by atoms with Gasteiger partial charge in [-0.25, -0.2) is 0 Å². The Kier molecular flexibility index (Phi) is 1.20. The van der Waals surface area contributed by atoms with Crippen LogP contribution < -0.4 is 0 Å². The maximum Gasteiger partial charge on any atom is 0.00652 e. The van der Waals surface area contributed by atoms with Crippen molar-refractivity contribution in [1.29, 1.82) is 0 Å². The van der Waals surface area contributed by atoms with E-state index in [-0.39, 0.29) is 0 Å². The highest BCUT2D eigenvalue weighted by atomic mass is 79.9. The Bertz CT molecular complexity index is 133. The quantitative estimate of drug-likeness (QED) is 0.556. The molecule has 0 saturated heterocycles. The van der Waals surface area contributed by atoms with Crippen molar-refractivity contribution in [3.63, 3.8) is 0 Å². The highest BCUT2D eigenvalue weighted by Crippen LogP contribution is 2.68. The van der Waals surface area contributed by atoms with E-state index in [1.54, 1.807) is 0 Å². The number of rotatable bonds is 1. The molecule has 0 aromatic heterocycles. The molecule has 52 valence electrons. The van der Waals surface area contributed by atoms with E-state index in [1.165, 1.54) is 24.6 Å². The number of hydrogen-bond donors (Lipinski definition) is 0. The average molecular weight is 189 g/mol. The topological polar surface area (TPSA) is 0 Å². The summed E-state index contributed by atoms with van der Waals surface area (Å²) in [6.45, 7) is 2.41. The fourth-order valence-electron chi connectivity index (χ4n) is 2.32. The Labute approximate surface area is 65.1 Å². The first kappa shape index (κ1) is 6.21. The highest BCUT2D eigenvalue weighted by molar-refractivity contribution is 9.09. The van der Waals surface area contributed by atoms with Crippen molar-refractivity contribution in [3.8, 4) is 0 Å². The Morgan fingerprint density at radius 3 is 2.56 bits per heavy atom. The molecule has 1 heteroatoms. The number of halogens is 1. The molecule has 0 aromatic rings. The van der Waals surface area contributed by atoms with Gasteiger partial charge < -0.3 is 0 Å². The van der Waals surface area contributed by atoms with Crippen LogP contribution in [-0.2, 0) is 0 Å². The molecule has 0 N–H and O–H groups in total. The van der Waals surface area contributed by atoms with Crippen molar-refractivity contribution < 1.29 is 0 Å². The Hall–Kier alpha value is 0.480. The zero-order valence-corrected chi connectivity index (χ0v) is 7.45. The van der Waals surface area contributed by atoms with E-state index in [2.05, 4.69) is 22.9 Å². The van der Waals surface area contributed by atoms with Crippen LogP contribution in [0.25, 0.3) is 0 Å². The summed E-state index contributed by atoms with van der Waals surface area (Å²) in [6.07, 6.45) is 4.52. The molecule has 2 rings (SSSR count). The Morgan fingerprint density at radius 1 is 1.67 bits per heavy atom. The summed E-state index contributed by atoms with van der Waals surface area (Å²) < 4.78 is 0. The molecule has 2 aliphatic carbocycles. The molecular weight excluding hydrogens is 176 g/mol. The number of hydrogen-bond acceptors (Lipinski definition) is 0. The lowest BCUT2D eigenvalue weighted by Crippen LogP contribution is -2.26. The lowest BCUT2D eigenvalue weighted by Gasteiger charge is -2.35. The smallest absolute Gasteiger partial charge is 0.00652 e. The van der Waals surface area contributed by atoms with Gasteiger partial charge in [-0.2, -0.15) is 0 Å². The van der Waals surface area contributed by atoms with Gasteiger partial charge in [0.05, 0.1) is 0 Å². The van der Waals surface area contributed by atoms with Gasteiger partial charge in [-0.15, -0.1) is 0 Å². The summed E-state index contributed by atoms with van der Waals surface area (Å²) in [4.78, 5) is 0. The molecule has 3 atom stereocenters. The van der Waals surface area contributed by atoms with Gasteiger partial charge in [0.15, 0.2) is 0 Å². The molecule has 0 nitrogen and oxygen atoms in total. The molecule has 3 unspecified atom stereocenters. The molecule has 0 aliphatic heterocycles. The van der Waals surface area contributed by atoms with Crippen molar-refractivity contribution in [2.45, 2.75) is 26.2 Å². The van der Waals surface area contributed by atoms with Crippen LogP contribution in [0.3, 0.4) is 0 Å². The second-order valence-electron chi connectivity index (χ2n) is 3.73. The van der Waals surface area contributed by atoms with Crippen molar-refractivity contribution in [1.82, 2.24) is 0 Å². The van der Waals surface area contributed by atoms with Gasteiger partial charge in [-0.05, 0) is 36.5 Å². The van der Waals surface area contributed by atoms with Crippen LogP contribution in [0.2, 0.25) is 0 Å². The average Bonchev–Trinajstić information content (AvgIpc) is 2.61. The molecule has 0 bridgehead atoms. The van der Waals surface area contributed by atoms with Crippen molar-refractivity contribution >= 4 is 15.9 Å². The Morgan fingerprint density at radius 2 is 2.44 bits per heavy atom. The first-order valence-electron chi connectivity index (χ1n) is 3.85. The number of alkyl halides is 1. The van der Waals surface area contributed by atoms with E-state index in [9.17, 15) is 0 Å². The molecule has 0 radical (unpaired) electrons. The standard InChI is InChI=1S/C8H13Br/c1-6-2-3-8(6)4-7(8)5-9/h6-7H,2-5H2,1H3. The van der Waals surface area contributed by atoms with Crippen molar-refractivity contribution in [3.05, 3.63) is 0 Å². The van der Waals surface area contributed by atoms with Gasteiger partial charge in [0.25, 0.3) is 0 Å². The molecule has 9 heavy (non-hydrogen) atoms. The molecule has 0 amide bonds. The first-order chi connectivity index (χ1) is 4.29. The fraction of sp³-hybridized carbons (Fsp3) is 1.00. The second-order valence-corrected chi connectivity index (χ2v) is 4.38. The predicted molar refractivity (Wildman–Crippen MR) is 42.7 cm³/mol. The summed E-state index contributed by atoms with van der Waals surface area (Å²) in [7, 11) is 0. The molecule has 0 heterocycles. The van der Waals surface area contributed by atoms with E-state index in [1.807, 2.05) is 0 Å². The van der Waals surface area contributed by atoms with Gasteiger partial charge >= 0.3 is 0 Å². The minimum atomic E-state index is 0.851. The van der Waals surface area contributed by atoms with E-state index < -0.39 is 0 Å². The summed E-state index contributed by atoms with van der Waals surface area (Å²) in [5.74, 6) is 2.08. The van der Waals surface area contributed by atoms with Crippen LogP contribution in [0.4, 0.5) is 0 Å². The van der Waals surface area contributed by atoms with Gasteiger partial charge in [-0.1, -0.05) is 22.9 Å². The second kappa shape index (κ2) is 1.75. The monoisotopic (exact) mass is 188 g/mol. The third-order valence-corrected chi connectivity index (χ3v) is 4.27. The molecule has 1 spiro atoms. The van der Waals surface area contributed by atoms with Gasteiger partial charge in [0.2, 0.25) is 0 Å². The SMILES string of the molecule is CC1CCC12CC2CBr. The maximum absolute atomic E-state index is 3.55. The molecule has 2 fully saturated rings. The van der Waals surface area contributed by atoms with Crippen molar-refractivity contribution in [2.75, 3.05) is 5.33 Å². The largest absolute Gasteiger partial charge is 0.0925 e. The molecule has 2 saturated carbocycles. The van der Waals surface area contributed by atoms with Crippen LogP contribution in [0.5, 0.6) is 0 Å². The normalized spacial score (nSPS) is 55.3. The lowest BCUT2D eigenvalue weighted by molar-refractivity contribution is 0.151. The highest BCUT2D eigenvalue weighted by Gasteiger charge is 2.60. The molecule has 2 aliphatic rings. The predicted octanol–water partition coefficient (Wildman–Crippen LogP) is 2.82. The summed E-state index contributed by atoms with van der Waals surface area (Å²) >= 11 is 3.55. The third-order valence-electron chi connectivity index (χ3n) is 3.49. The van der Waals surface area contributed by atoms with Crippen LogP contribution in [-0.4, -0.2) is 5.33 Å². The third kappa shape index (κ3) is 0.646. The summed E-state index contributed by atoms with van der Waals surface area (Å²) in [6, 6.07) is 0. The molecular formula is C8H13Br. The van der Waals surface area contributed by atoms with Crippen LogP contribution in [0, 0.1) is 17.3 Å². The minimum Gasteiger partial charge on any atom is -0.0925 e. The van der Waals surface area contributed by atoms with Gasteiger partial charge in [0.1, 0.15) is 0 Å². The fourth-order valence-corrected chi connectivity index (χ4v) is 3.20. The van der Waals surface area contributed by atoms with Gasteiger partial charge in [0, 0.05) is 5.33 Å². The van der Waals surface area contributed by atoms with E-state index in [0.717, 1.165) is 17.3 Å². The van der Waals surface area contributed by atoms with Crippen LogP contribution >= 0.6 is 15.9 Å². The van der Waals surface area contributed by atoms with Crippen molar-refractivity contribution in [2.24, 2.45) is 17.3 Å². The van der Waals surface area contributed by atoms with E-state index in [0.29, 0.717) is 0 Å². The van der Waals surface area contributed by atoms with E-state index >= 15 is 0 Å². The molecule has 0 aromatic carbocycles. The minimum absolute atomic E-state index is 0.851. The summed E-state index contributed by atoms with van der Waals surface area (Å²) in [5, 5.41) is 1.25. The van der Waals surface area contributed by atoms with Crippen LogP contribution in [0.1, 0.15) is 26.2 Å². The van der Waals surface area contributed by atoms with Gasteiger partial charge in [-0.3, -0.25) is 0 Å². The summed E-state index contributed by atoms with van der Waals surface area (Å²) in [5.41, 5.74) is 0.851. The van der Waals surface area contributed by atoms with Crippen LogP contribution in [0.15, 0.2) is 0 Å².